The molecule has 17 heavy (non-hydrogen) atoms. The fourth-order valence-electron chi connectivity index (χ4n) is 2.33. The minimum atomic E-state index is 0.242. The van der Waals surface area contributed by atoms with Gasteiger partial charge in [0, 0.05) is 11.5 Å². The number of allylic oxidation sites excluding steroid dienone is 1. The zero-order chi connectivity index (χ0) is 11.9. The van der Waals surface area contributed by atoms with Gasteiger partial charge in [-0.05, 0) is 24.0 Å². The fraction of sp³-hybridized carbons (Fsp3) is 0.250. The first-order valence-corrected chi connectivity index (χ1v) is 6.02. The van der Waals surface area contributed by atoms with Gasteiger partial charge in [0.15, 0.2) is 0 Å². The highest BCUT2D eigenvalue weighted by molar-refractivity contribution is 5.57. The van der Waals surface area contributed by atoms with Gasteiger partial charge in [0.05, 0.1) is 0 Å². The van der Waals surface area contributed by atoms with Crippen LogP contribution in [0.5, 0.6) is 0 Å². The molecule has 0 radical (unpaired) electrons. The summed E-state index contributed by atoms with van der Waals surface area (Å²) >= 11 is 0. The maximum Gasteiger partial charge on any atom is 0.134 e. The van der Waals surface area contributed by atoms with E-state index in [4.69, 9.17) is 4.42 Å². The summed E-state index contributed by atoms with van der Waals surface area (Å²) in [4.78, 5) is 0. The summed E-state index contributed by atoms with van der Waals surface area (Å²) < 4.78 is 5.94. The van der Waals surface area contributed by atoms with Crippen LogP contribution in [0, 0.1) is 5.41 Å². The largest absolute Gasteiger partial charge is 0.461 e. The smallest absolute Gasteiger partial charge is 0.134 e. The molecular formula is C16H16O. The average molecular weight is 224 g/mol. The van der Waals surface area contributed by atoms with Gasteiger partial charge in [-0.1, -0.05) is 43.3 Å². The Morgan fingerprint density at radius 1 is 1.24 bits per heavy atom. The molecule has 1 saturated carbocycles. The van der Waals surface area contributed by atoms with E-state index in [1.807, 2.05) is 24.3 Å². The van der Waals surface area contributed by atoms with Crippen molar-refractivity contribution in [3.63, 3.8) is 0 Å². The van der Waals surface area contributed by atoms with Gasteiger partial charge in [-0.2, -0.15) is 0 Å². The van der Waals surface area contributed by atoms with Gasteiger partial charge in [-0.3, -0.25) is 0 Å². The zero-order valence-corrected chi connectivity index (χ0v) is 10.0. The number of rotatable bonds is 3. The number of hydrogen-bond donors (Lipinski definition) is 0. The Hall–Kier alpha value is -1.76. The number of hydrogen-bond acceptors (Lipinski definition) is 1. The second-order valence-electron chi connectivity index (χ2n) is 5.03. The predicted molar refractivity (Wildman–Crippen MR) is 69.8 cm³/mol. The van der Waals surface area contributed by atoms with Gasteiger partial charge in [0.2, 0.25) is 0 Å². The van der Waals surface area contributed by atoms with Crippen molar-refractivity contribution in [3.05, 3.63) is 60.9 Å². The molecule has 1 heterocycles. The van der Waals surface area contributed by atoms with Crippen LogP contribution in [0.3, 0.4) is 0 Å². The summed E-state index contributed by atoms with van der Waals surface area (Å²) in [5.41, 5.74) is 1.38. The van der Waals surface area contributed by atoms with Crippen molar-refractivity contribution in [1.29, 1.82) is 0 Å². The SMILES string of the molecule is C=CC1(C)CC1c1ccc(-c2ccccc2)o1. The Morgan fingerprint density at radius 3 is 2.65 bits per heavy atom. The van der Waals surface area contributed by atoms with E-state index in [-0.39, 0.29) is 5.41 Å². The molecule has 86 valence electrons. The van der Waals surface area contributed by atoms with Gasteiger partial charge in [-0.15, -0.1) is 6.58 Å². The Bertz CT molecular complexity index is 538. The van der Waals surface area contributed by atoms with Gasteiger partial charge >= 0.3 is 0 Å². The second kappa shape index (κ2) is 3.63. The van der Waals surface area contributed by atoms with Crippen LogP contribution in [0.1, 0.15) is 25.0 Å². The summed E-state index contributed by atoms with van der Waals surface area (Å²) in [5, 5.41) is 0. The first-order valence-electron chi connectivity index (χ1n) is 6.02. The van der Waals surface area contributed by atoms with Crippen molar-refractivity contribution >= 4 is 0 Å². The molecule has 1 aromatic heterocycles. The van der Waals surface area contributed by atoms with E-state index in [9.17, 15) is 0 Å². The van der Waals surface area contributed by atoms with Gasteiger partial charge < -0.3 is 4.42 Å². The lowest BCUT2D eigenvalue weighted by atomic mass is 10.1. The molecule has 0 saturated heterocycles. The molecule has 0 bridgehead atoms. The van der Waals surface area contributed by atoms with Crippen LogP contribution in [-0.4, -0.2) is 0 Å². The lowest BCUT2D eigenvalue weighted by Crippen LogP contribution is -1.89. The molecule has 1 fully saturated rings. The molecule has 0 amide bonds. The van der Waals surface area contributed by atoms with Gasteiger partial charge in [0.1, 0.15) is 11.5 Å². The summed E-state index contributed by atoms with van der Waals surface area (Å²) in [6, 6.07) is 14.4. The fourth-order valence-corrected chi connectivity index (χ4v) is 2.33. The summed E-state index contributed by atoms with van der Waals surface area (Å²) in [6.07, 6.45) is 3.20. The molecule has 1 aromatic carbocycles. The quantitative estimate of drug-likeness (QED) is 0.693. The normalized spacial score (nSPS) is 26.8. The summed E-state index contributed by atoms with van der Waals surface area (Å²) in [7, 11) is 0. The highest BCUT2D eigenvalue weighted by Crippen LogP contribution is 2.60. The third-order valence-electron chi connectivity index (χ3n) is 3.77. The van der Waals surface area contributed by atoms with Crippen LogP contribution >= 0.6 is 0 Å². The van der Waals surface area contributed by atoms with E-state index in [0.29, 0.717) is 5.92 Å². The summed E-state index contributed by atoms with van der Waals surface area (Å²) in [5.74, 6) is 2.56. The van der Waals surface area contributed by atoms with Crippen LogP contribution in [0.4, 0.5) is 0 Å². The third-order valence-corrected chi connectivity index (χ3v) is 3.77. The molecular weight excluding hydrogens is 208 g/mol. The summed E-state index contributed by atoms with van der Waals surface area (Å²) in [6.45, 7) is 6.13. The van der Waals surface area contributed by atoms with Crippen LogP contribution in [0.2, 0.25) is 0 Å². The Kier molecular flexibility index (Phi) is 2.22. The first-order chi connectivity index (χ1) is 8.23. The Morgan fingerprint density at radius 2 is 2.00 bits per heavy atom. The third kappa shape index (κ3) is 1.72. The number of furan rings is 1. The first kappa shape index (κ1) is 10.4. The Balaban J connectivity index is 1.88. The van der Waals surface area contributed by atoms with Crippen LogP contribution in [0.15, 0.2) is 59.5 Å². The highest BCUT2D eigenvalue weighted by atomic mass is 16.3. The molecule has 1 nitrogen and oxygen atoms in total. The topological polar surface area (TPSA) is 13.1 Å². The maximum atomic E-state index is 5.94. The van der Waals surface area contributed by atoms with E-state index in [1.54, 1.807) is 0 Å². The predicted octanol–water partition coefficient (Wildman–Crippen LogP) is 4.63. The van der Waals surface area contributed by atoms with Crippen molar-refractivity contribution < 1.29 is 4.42 Å². The standard InChI is InChI=1S/C16H16O/c1-3-16(2)11-13(16)15-10-9-14(17-15)12-7-5-4-6-8-12/h3-10,13H,1,11H2,2H3. The minimum absolute atomic E-state index is 0.242. The molecule has 1 aliphatic rings. The van der Waals surface area contributed by atoms with Gasteiger partial charge in [-0.25, -0.2) is 0 Å². The molecule has 0 N–H and O–H groups in total. The van der Waals surface area contributed by atoms with Crippen molar-refractivity contribution in [2.45, 2.75) is 19.3 Å². The minimum Gasteiger partial charge on any atom is -0.461 e. The maximum absolute atomic E-state index is 5.94. The van der Waals surface area contributed by atoms with Crippen molar-refractivity contribution in [1.82, 2.24) is 0 Å². The zero-order valence-electron chi connectivity index (χ0n) is 10.0. The number of benzene rings is 1. The molecule has 2 unspecified atom stereocenters. The van der Waals surface area contributed by atoms with E-state index < -0.39 is 0 Å². The van der Waals surface area contributed by atoms with Crippen LogP contribution in [-0.2, 0) is 0 Å². The molecule has 2 aromatic rings. The van der Waals surface area contributed by atoms with Crippen molar-refractivity contribution in [3.8, 4) is 11.3 Å². The van der Waals surface area contributed by atoms with E-state index >= 15 is 0 Å². The van der Waals surface area contributed by atoms with E-state index in [0.717, 1.165) is 23.5 Å². The van der Waals surface area contributed by atoms with Crippen LogP contribution in [0.25, 0.3) is 11.3 Å². The Labute approximate surface area is 102 Å². The second-order valence-corrected chi connectivity index (χ2v) is 5.03. The molecule has 0 spiro atoms. The van der Waals surface area contributed by atoms with Gasteiger partial charge in [0.25, 0.3) is 0 Å². The van der Waals surface area contributed by atoms with Crippen molar-refractivity contribution in [2.24, 2.45) is 5.41 Å². The van der Waals surface area contributed by atoms with Crippen LogP contribution < -0.4 is 0 Å². The lowest BCUT2D eigenvalue weighted by molar-refractivity contribution is 0.505. The molecule has 3 rings (SSSR count). The van der Waals surface area contributed by atoms with E-state index in [2.05, 4.69) is 37.8 Å². The lowest BCUT2D eigenvalue weighted by Gasteiger charge is -2.01. The van der Waals surface area contributed by atoms with E-state index in [1.165, 1.54) is 0 Å². The molecule has 1 aliphatic carbocycles. The highest BCUT2D eigenvalue weighted by Gasteiger charge is 2.50. The molecule has 1 heteroatoms. The average Bonchev–Trinajstić information content (AvgIpc) is 2.86. The molecule has 2 atom stereocenters. The molecule has 0 aliphatic heterocycles. The van der Waals surface area contributed by atoms with Crippen molar-refractivity contribution in [2.75, 3.05) is 0 Å². The monoisotopic (exact) mass is 224 g/mol.